The molecule has 154 valence electrons. The maximum atomic E-state index is 12.7. The molecule has 9 nitrogen and oxygen atoms in total. The summed E-state index contributed by atoms with van der Waals surface area (Å²) in [5.74, 6) is 1.41. The standard InChI is InChI=1S/C19H23N5O4S/c1-29(26,27)24-9-15(18-21-17(22-28-18)14-4-5-14)19(12-24)10-23(11-19)16(25)7-13-3-2-6-20-8-13/h2-3,6,8,14-15H,4-5,7,9-12H2,1H3. The second-order valence-electron chi connectivity index (χ2n) is 8.52. The van der Waals surface area contributed by atoms with Crippen LogP contribution in [0.25, 0.3) is 0 Å². The number of hydrogen-bond donors (Lipinski definition) is 0. The van der Waals surface area contributed by atoms with Crippen molar-refractivity contribution in [2.75, 3.05) is 32.4 Å². The molecule has 1 atom stereocenters. The van der Waals surface area contributed by atoms with Gasteiger partial charge in [0.1, 0.15) is 0 Å². The number of carbonyl (C=O) groups excluding carboxylic acids is 1. The molecule has 4 heterocycles. The fourth-order valence-corrected chi connectivity index (χ4v) is 5.32. The van der Waals surface area contributed by atoms with E-state index in [0.717, 1.165) is 24.2 Å². The lowest BCUT2D eigenvalue weighted by Crippen LogP contribution is -2.62. The summed E-state index contributed by atoms with van der Waals surface area (Å²) in [4.78, 5) is 23.1. The van der Waals surface area contributed by atoms with Crippen molar-refractivity contribution in [3.8, 4) is 0 Å². The van der Waals surface area contributed by atoms with Crippen molar-refractivity contribution in [2.45, 2.75) is 31.1 Å². The third-order valence-corrected chi connectivity index (χ3v) is 7.44. The normalized spacial score (nSPS) is 24.0. The van der Waals surface area contributed by atoms with Gasteiger partial charge in [0.2, 0.25) is 21.8 Å². The van der Waals surface area contributed by atoms with Gasteiger partial charge in [-0.05, 0) is 24.5 Å². The molecule has 1 amide bonds. The van der Waals surface area contributed by atoms with E-state index in [-0.39, 0.29) is 23.7 Å². The number of aromatic nitrogens is 3. The van der Waals surface area contributed by atoms with Gasteiger partial charge in [-0.3, -0.25) is 9.78 Å². The second kappa shape index (κ2) is 6.60. The first-order chi connectivity index (χ1) is 13.8. The van der Waals surface area contributed by atoms with Gasteiger partial charge in [0.25, 0.3) is 0 Å². The van der Waals surface area contributed by atoms with Crippen molar-refractivity contribution in [1.82, 2.24) is 24.3 Å². The summed E-state index contributed by atoms with van der Waals surface area (Å²) < 4.78 is 31.4. The molecule has 2 aliphatic heterocycles. The minimum Gasteiger partial charge on any atom is -0.341 e. The number of pyridine rings is 1. The third kappa shape index (κ3) is 3.44. The molecule has 1 saturated carbocycles. The average Bonchev–Trinajstić information content (AvgIpc) is 3.23. The molecule has 1 unspecified atom stereocenters. The van der Waals surface area contributed by atoms with Gasteiger partial charge in [0, 0.05) is 49.9 Å². The Morgan fingerprint density at radius 2 is 2.10 bits per heavy atom. The Morgan fingerprint density at radius 3 is 2.76 bits per heavy atom. The van der Waals surface area contributed by atoms with E-state index < -0.39 is 10.0 Å². The molecule has 0 aromatic carbocycles. The Kier molecular flexibility index (Phi) is 4.25. The zero-order chi connectivity index (χ0) is 20.2. The zero-order valence-electron chi connectivity index (χ0n) is 16.2. The molecule has 0 bridgehead atoms. The van der Waals surface area contributed by atoms with Crippen LogP contribution in [-0.4, -0.2) is 71.1 Å². The summed E-state index contributed by atoms with van der Waals surface area (Å²) in [6, 6.07) is 3.69. The van der Waals surface area contributed by atoms with Gasteiger partial charge in [-0.25, -0.2) is 12.7 Å². The largest absolute Gasteiger partial charge is 0.341 e. The van der Waals surface area contributed by atoms with Gasteiger partial charge >= 0.3 is 0 Å². The molecule has 0 radical (unpaired) electrons. The van der Waals surface area contributed by atoms with Crippen LogP contribution in [0.3, 0.4) is 0 Å². The molecule has 2 saturated heterocycles. The van der Waals surface area contributed by atoms with Gasteiger partial charge in [0.05, 0.1) is 18.6 Å². The summed E-state index contributed by atoms with van der Waals surface area (Å²) >= 11 is 0. The van der Waals surface area contributed by atoms with E-state index in [0.29, 0.717) is 38.0 Å². The van der Waals surface area contributed by atoms with Crippen molar-refractivity contribution >= 4 is 15.9 Å². The molecule has 1 spiro atoms. The summed E-state index contributed by atoms with van der Waals surface area (Å²) in [6.45, 7) is 1.66. The minimum atomic E-state index is -3.34. The predicted octanol–water partition coefficient (Wildman–Crippen LogP) is 0.772. The number of rotatable bonds is 5. The quantitative estimate of drug-likeness (QED) is 0.707. The van der Waals surface area contributed by atoms with E-state index in [1.165, 1.54) is 10.6 Å². The van der Waals surface area contributed by atoms with Crippen LogP contribution in [0.4, 0.5) is 0 Å². The molecule has 2 aromatic rings. The van der Waals surface area contributed by atoms with Crippen LogP contribution < -0.4 is 0 Å². The molecule has 3 fully saturated rings. The van der Waals surface area contributed by atoms with Crippen LogP contribution in [0, 0.1) is 5.41 Å². The number of likely N-dealkylation sites (tertiary alicyclic amines) is 1. The Hall–Kier alpha value is -2.33. The third-order valence-electron chi connectivity index (χ3n) is 6.23. The average molecular weight is 417 g/mol. The highest BCUT2D eigenvalue weighted by atomic mass is 32.2. The van der Waals surface area contributed by atoms with Gasteiger partial charge in [-0.15, -0.1) is 0 Å². The zero-order valence-corrected chi connectivity index (χ0v) is 17.0. The van der Waals surface area contributed by atoms with Gasteiger partial charge in [-0.1, -0.05) is 11.2 Å². The number of sulfonamides is 1. The lowest BCUT2D eigenvalue weighted by molar-refractivity contribution is -0.142. The van der Waals surface area contributed by atoms with E-state index in [4.69, 9.17) is 4.52 Å². The molecule has 0 N–H and O–H groups in total. The van der Waals surface area contributed by atoms with Gasteiger partial charge in [-0.2, -0.15) is 4.98 Å². The number of carbonyl (C=O) groups is 1. The van der Waals surface area contributed by atoms with Crippen LogP contribution in [0.5, 0.6) is 0 Å². The molecule has 2 aromatic heterocycles. The van der Waals surface area contributed by atoms with E-state index in [1.54, 1.807) is 17.3 Å². The molecule has 3 aliphatic rings. The van der Waals surface area contributed by atoms with E-state index in [2.05, 4.69) is 15.1 Å². The fourth-order valence-electron chi connectivity index (χ4n) is 4.41. The highest BCUT2D eigenvalue weighted by Crippen LogP contribution is 2.50. The second-order valence-corrected chi connectivity index (χ2v) is 10.5. The number of amides is 1. The van der Waals surface area contributed by atoms with Crippen molar-refractivity contribution < 1.29 is 17.7 Å². The number of hydrogen-bond acceptors (Lipinski definition) is 7. The van der Waals surface area contributed by atoms with Crippen molar-refractivity contribution in [1.29, 1.82) is 0 Å². The predicted molar refractivity (Wildman–Crippen MR) is 102 cm³/mol. The van der Waals surface area contributed by atoms with Gasteiger partial charge in [0.15, 0.2) is 5.82 Å². The Labute approximate surface area is 169 Å². The van der Waals surface area contributed by atoms with E-state index >= 15 is 0 Å². The topological polar surface area (TPSA) is 110 Å². The van der Waals surface area contributed by atoms with Crippen LogP contribution in [-0.2, 0) is 21.2 Å². The lowest BCUT2D eigenvalue weighted by Gasteiger charge is -2.50. The van der Waals surface area contributed by atoms with Crippen LogP contribution >= 0.6 is 0 Å². The maximum Gasteiger partial charge on any atom is 0.231 e. The smallest absolute Gasteiger partial charge is 0.231 e. The Morgan fingerprint density at radius 1 is 1.31 bits per heavy atom. The highest BCUT2D eigenvalue weighted by molar-refractivity contribution is 7.88. The summed E-state index contributed by atoms with van der Waals surface area (Å²) in [6.07, 6.45) is 7.01. The van der Waals surface area contributed by atoms with Crippen molar-refractivity contribution in [3.05, 3.63) is 41.8 Å². The fraction of sp³-hybridized carbons (Fsp3) is 0.579. The molecular weight excluding hydrogens is 394 g/mol. The lowest BCUT2D eigenvalue weighted by atomic mass is 9.71. The minimum absolute atomic E-state index is 0.0179. The van der Waals surface area contributed by atoms with E-state index in [1.807, 2.05) is 12.1 Å². The van der Waals surface area contributed by atoms with Crippen LogP contribution in [0.1, 0.15) is 42.0 Å². The Balaban J connectivity index is 1.34. The SMILES string of the molecule is CS(=O)(=O)N1CC(c2nc(C3CC3)no2)C2(CN(C(=O)Cc3cccnc3)C2)C1. The summed E-state index contributed by atoms with van der Waals surface area (Å²) in [5, 5.41) is 4.10. The van der Waals surface area contributed by atoms with Crippen molar-refractivity contribution in [3.63, 3.8) is 0 Å². The number of nitrogens with zero attached hydrogens (tertiary/aromatic N) is 5. The highest BCUT2D eigenvalue weighted by Gasteiger charge is 2.59. The summed E-state index contributed by atoms with van der Waals surface area (Å²) in [7, 11) is -3.34. The molecule has 5 rings (SSSR count). The molecular formula is C19H23N5O4S. The van der Waals surface area contributed by atoms with Gasteiger partial charge < -0.3 is 9.42 Å². The first kappa shape index (κ1) is 18.7. The Bertz CT molecular complexity index is 1030. The van der Waals surface area contributed by atoms with Crippen LogP contribution in [0.2, 0.25) is 0 Å². The molecule has 1 aliphatic carbocycles. The van der Waals surface area contributed by atoms with Crippen molar-refractivity contribution in [2.24, 2.45) is 5.41 Å². The first-order valence-corrected chi connectivity index (χ1v) is 11.6. The van der Waals surface area contributed by atoms with Crippen LogP contribution in [0.15, 0.2) is 29.0 Å². The first-order valence-electron chi connectivity index (χ1n) is 9.79. The maximum absolute atomic E-state index is 12.7. The van der Waals surface area contributed by atoms with E-state index in [9.17, 15) is 13.2 Å². The monoisotopic (exact) mass is 417 g/mol. The molecule has 29 heavy (non-hydrogen) atoms. The molecule has 10 heteroatoms. The summed E-state index contributed by atoms with van der Waals surface area (Å²) in [5.41, 5.74) is 0.492.